The Balaban J connectivity index is 2.75. The minimum atomic E-state index is -1.16. The maximum atomic E-state index is 11.1. The third-order valence-corrected chi connectivity index (χ3v) is 2.13. The molecule has 0 saturated carbocycles. The molecular formula is C9H9BrO3. The first-order valence-electron chi connectivity index (χ1n) is 3.73. The molecule has 0 aliphatic carbocycles. The summed E-state index contributed by atoms with van der Waals surface area (Å²) in [4.78, 5) is 11.1. The molecule has 0 heterocycles. The van der Waals surface area contributed by atoms with Crippen LogP contribution < -0.4 is 0 Å². The fraction of sp³-hybridized carbons (Fsp3) is 0.222. The second kappa shape index (κ2) is 4.39. The van der Waals surface area contributed by atoms with Gasteiger partial charge in [0.25, 0.3) is 0 Å². The molecule has 0 saturated heterocycles. The van der Waals surface area contributed by atoms with E-state index in [0.717, 1.165) is 0 Å². The van der Waals surface area contributed by atoms with Gasteiger partial charge in [0.15, 0.2) is 10.8 Å². The molecule has 0 amide bonds. The quantitative estimate of drug-likeness (QED) is 0.787. The third kappa shape index (κ3) is 2.82. The van der Waals surface area contributed by atoms with Gasteiger partial charge in [-0.1, -0.05) is 18.2 Å². The first kappa shape index (κ1) is 10.2. The number of hydrogen-bond donors (Lipinski definition) is 2. The number of ketones is 1. The summed E-state index contributed by atoms with van der Waals surface area (Å²) in [6.45, 7) is 0. The van der Waals surface area contributed by atoms with Gasteiger partial charge in [-0.3, -0.25) is 4.79 Å². The van der Waals surface area contributed by atoms with Crippen LogP contribution in [0.25, 0.3) is 0 Å². The molecule has 1 rings (SSSR count). The smallest absolute Gasteiger partial charge is 0.176 e. The van der Waals surface area contributed by atoms with Crippen molar-refractivity contribution in [3.63, 3.8) is 0 Å². The predicted molar refractivity (Wildman–Crippen MR) is 51.8 cm³/mol. The van der Waals surface area contributed by atoms with Crippen LogP contribution in [0, 0.1) is 0 Å². The van der Waals surface area contributed by atoms with Crippen LogP contribution in [0.5, 0.6) is 5.75 Å². The summed E-state index contributed by atoms with van der Waals surface area (Å²) in [6.07, 6.45) is 0.0269. The molecule has 1 unspecified atom stereocenters. The van der Waals surface area contributed by atoms with Crippen molar-refractivity contribution in [3.05, 3.63) is 29.8 Å². The number of phenolic OH excluding ortho intramolecular Hbond substituents is 1. The van der Waals surface area contributed by atoms with Crippen LogP contribution in [0.15, 0.2) is 24.3 Å². The van der Waals surface area contributed by atoms with Crippen molar-refractivity contribution in [2.24, 2.45) is 0 Å². The van der Waals surface area contributed by atoms with Crippen molar-refractivity contribution in [1.82, 2.24) is 0 Å². The first-order chi connectivity index (χ1) is 6.11. The van der Waals surface area contributed by atoms with Gasteiger partial charge in [-0.25, -0.2) is 0 Å². The van der Waals surface area contributed by atoms with Gasteiger partial charge in [0.1, 0.15) is 5.75 Å². The van der Waals surface area contributed by atoms with Gasteiger partial charge in [-0.05, 0) is 22.0 Å². The Labute approximate surface area is 84.1 Å². The lowest BCUT2D eigenvalue weighted by atomic mass is 10.1. The van der Waals surface area contributed by atoms with E-state index in [-0.39, 0.29) is 18.0 Å². The monoisotopic (exact) mass is 244 g/mol. The number of carbonyl (C=O) groups excluding carboxylic acids is 1. The number of Topliss-reactive ketones (excluding diaryl/α,β-unsaturated/α-hetero) is 1. The van der Waals surface area contributed by atoms with Crippen LogP contribution in [-0.2, 0) is 11.2 Å². The Morgan fingerprint density at radius 2 is 2.08 bits per heavy atom. The molecule has 1 atom stereocenters. The minimum Gasteiger partial charge on any atom is -0.508 e. The number of aromatic hydroxyl groups is 1. The van der Waals surface area contributed by atoms with E-state index < -0.39 is 5.01 Å². The summed E-state index contributed by atoms with van der Waals surface area (Å²) >= 11 is 2.75. The lowest BCUT2D eigenvalue weighted by molar-refractivity contribution is -0.122. The molecule has 1 aromatic rings. The molecule has 0 spiro atoms. The molecule has 3 nitrogen and oxygen atoms in total. The Morgan fingerprint density at radius 3 is 2.62 bits per heavy atom. The van der Waals surface area contributed by atoms with E-state index in [4.69, 9.17) is 5.11 Å². The molecule has 0 aromatic heterocycles. The van der Waals surface area contributed by atoms with Crippen molar-refractivity contribution >= 4 is 21.7 Å². The van der Waals surface area contributed by atoms with Gasteiger partial charge in [0, 0.05) is 12.0 Å². The minimum absolute atomic E-state index is 0.0269. The maximum Gasteiger partial charge on any atom is 0.176 e. The van der Waals surface area contributed by atoms with Crippen molar-refractivity contribution in [1.29, 1.82) is 0 Å². The number of rotatable bonds is 3. The highest BCUT2D eigenvalue weighted by molar-refractivity contribution is 9.09. The maximum absolute atomic E-state index is 11.1. The lowest BCUT2D eigenvalue weighted by Gasteiger charge is -2.03. The molecule has 13 heavy (non-hydrogen) atoms. The summed E-state index contributed by atoms with van der Waals surface area (Å²) in [5.41, 5.74) is 0.519. The summed E-state index contributed by atoms with van der Waals surface area (Å²) in [5.74, 6) is -0.300. The van der Waals surface area contributed by atoms with Gasteiger partial charge in [0.2, 0.25) is 0 Å². The number of aliphatic hydroxyl groups excluding tert-OH is 1. The average molecular weight is 245 g/mol. The van der Waals surface area contributed by atoms with Gasteiger partial charge in [0.05, 0.1) is 0 Å². The number of carbonyl (C=O) groups is 1. The zero-order valence-corrected chi connectivity index (χ0v) is 8.36. The first-order valence-corrected chi connectivity index (χ1v) is 4.64. The van der Waals surface area contributed by atoms with Gasteiger partial charge >= 0.3 is 0 Å². The van der Waals surface area contributed by atoms with Crippen LogP contribution in [0.1, 0.15) is 5.56 Å². The molecule has 2 N–H and O–H groups in total. The van der Waals surface area contributed by atoms with Crippen molar-refractivity contribution in [2.75, 3.05) is 0 Å². The van der Waals surface area contributed by atoms with E-state index in [2.05, 4.69) is 15.9 Å². The molecule has 0 radical (unpaired) electrons. The molecular weight excluding hydrogens is 236 g/mol. The summed E-state index contributed by atoms with van der Waals surface area (Å²) in [5, 5.41) is 17.0. The largest absolute Gasteiger partial charge is 0.508 e. The fourth-order valence-electron chi connectivity index (χ4n) is 0.932. The number of benzene rings is 1. The molecule has 0 bridgehead atoms. The van der Waals surface area contributed by atoms with Crippen LogP contribution >= 0.6 is 15.9 Å². The fourth-order valence-corrected chi connectivity index (χ4v) is 1.09. The number of alkyl halides is 1. The van der Waals surface area contributed by atoms with E-state index >= 15 is 0 Å². The Morgan fingerprint density at radius 1 is 1.46 bits per heavy atom. The Kier molecular flexibility index (Phi) is 3.45. The predicted octanol–water partition coefficient (Wildman–Crippen LogP) is 1.22. The number of hydrogen-bond acceptors (Lipinski definition) is 3. The molecule has 4 heteroatoms. The van der Waals surface area contributed by atoms with Crippen LogP contribution in [-0.4, -0.2) is 21.0 Å². The zero-order chi connectivity index (χ0) is 9.84. The average Bonchev–Trinajstić information content (AvgIpc) is 2.08. The second-order valence-corrected chi connectivity index (χ2v) is 3.47. The topological polar surface area (TPSA) is 57.5 Å². The Bertz CT molecular complexity index is 309. The molecule has 0 aliphatic heterocycles. The highest BCUT2D eigenvalue weighted by atomic mass is 79.9. The number of para-hydroxylation sites is 1. The standard InChI is InChI=1S/C9H9BrO3/c10-9(13)8(12)5-6-3-1-2-4-7(6)11/h1-4,9,11,13H,5H2. The van der Waals surface area contributed by atoms with Crippen molar-refractivity contribution in [3.8, 4) is 5.75 Å². The highest BCUT2D eigenvalue weighted by Crippen LogP contribution is 2.17. The highest BCUT2D eigenvalue weighted by Gasteiger charge is 2.12. The molecule has 1 aromatic carbocycles. The van der Waals surface area contributed by atoms with E-state index in [1.54, 1.807) is 18.2 Å². The Hall–Kier alpha value is -0.870. The normalized spacial score (nSPS) is 12.5. The molecule has 70 valence electrons. The third-order valence-electron chi connectivity index (χ3n) is 1.62. The van der Waals surface area contributed by atoms with Crippen LogP contribution in [0.3, 0.4) is 0 Å². The van der Waals surface area contributed by atoms with E-state index in [1.807, 2.05) is 0 Å². The number of halogens is 1. The van der Waals surface area contributed by atoms with Gasteiger partial charge < -0.3 is 10.2 Å². The van der Waals surface area contributed by atoms with Crippen molar-refractivity contribution in [2.45, 2.75) is 11.4 Å². The summed E-state index contributed by atoms with van der Waals surface area (Å²) in [7, 11) is 0. The molecule has 0 aliphatic rings. The van der Waals surface area contributed by atoms with Crippen LogP contribution in [0.4, 0.5) is 0 Å². The SMILES string of the molecule is O=C(Cc1ccccc1O)C(O)Br. The van der Waals surface area contributed by atoms with E-state index in [9.17, 15) is 9.90 Å². The second-order valence-electron chi connectivity index (χ2n) is 2.61. The van der Waals surface area contributed by atoms with Gasteiger partial charge in [-0.2, -0.15) is 0 Å². The molecule has 0 fully saturated rings. The van der Waals surface area contributed by atoms with E-state index in [1.165, 1.54) is 6.07 Å². The summed E-state index contributed by atoms with van der Waals surface area (Å²) in [6, 6.07) is 6.54. The number of phenols is 1. The van der Waals surface area contributed by atoms with Crippen molar-refractivity contribution < 1.29 is 15.0 Å². The van der Waals surface area contributed by atoms with E-state index in [0.29, 0.717) is 5.56 Å². The number of aliphatic hydroxyl groups is 1. The summed E-state index contributed by atoms with van der Waals surface area (Å²) < 4.78 is 0. The van der Waals surface area contributed by atoms with Gasteiger partial charge in [-0.15, -0.1) is 0 Å². The lowest BCUT2D eigenvalue weighted by Crippen LogP contribution is -2.15. The van der Waals surface area contributed by atoms with Crippen LogP contribution in [0.2, 0.25) is 0 Å². The zero-order valence-electron chi connectivity index (χ0n) is 6.77.